The van der Waals surface area contributed by atoms with Gasteiger partial charge in [-0.05, 0) is 6.42 Å². The van der Waals surface area contributed by atoms with Crippen molar-refractivity contribution in [1.29, 1.82) is 5.26 Å². The first kappa shape index (κ1) is 15.1. The van der Waals surface area contributed by atoms with E-state index < -0.39 is 24.9 Å². The minimum atomic E-state index is -1.05. The first-order valence-corrected chi connectivity index (χ1v) is 6.40. The van der Waals surface area contributed by atoms with Crippen LogP contribution in [0.15, 0.2) is 12.5 Å². The molecule has 9 nitrogen and oxygen atoms in total. The van der Waals surface area contributed by atoms with Crippen LogP contribution < -0.4 is 5.73 Å². The third-order valence-corrected chi connectivity index (χ3v) is 3.08. The maximum atomic E-state index is 9.75. The van der Waals surface area contributed by atoms with Gasteiger partial charge in [0.15, 0.2) is 17.6 Å². The van der Waals surface area contributed by atoms with Gasteiger partial charge in [0.2, 0.25) is 0 Å². The smallest absolute Gasteiger partial charge is 0.196 e. The quantitative estimate of drug-likeness (QED) is 0.641. The van der Waals surface area contributed by atoms with E-state index in [9.17, 15) is 15.5 Å². The van der Waals surface area contributed by atoms with Gasteiger partial charge in [0, 0.05) is 0 Å². The molecule has 2 rings (SSSR count). The highest BCUT2D eigenvalue weighted by Gasteiger charge is 2.26. The Balaban J connectivity index is 2.32. The summed E-state index contributed by atoms with van der Waals surface area (Å²) >= 11 is 0. The van der Waals surface area contributed by atoms with Gasteiger partial charge in [-0.25, -0.2) is 14.5 Å². The molecule has 0 radical (unpaired) electrons. The van der Waals surface area contributed by atoms with Gasteiger partial charge in [0.05, 0.1) is 18.9 Å². The van der Waals surface area contributed by atoms with Crippen molar-refractivity contribution in [2.24, 2.45) is 0 Å². The van der Waals surface area contributed by atoms with E-state index in [-0.39, 0.29) is 5.82 Å². The van der Waals surface area contributed by atoms with E-state index in [4.69, 9.17) is 10.5 Å². The first-order valence-electron chi connectivity index (χ1n) is 6.40. The predicted octanol–water partition coefficient (Wildman–Crippen LogP) is -0.580. The van der Waals surface area contributed by atoms with E-state index in [0.717, 1.165) is 0 Å². The molecule has 0 aliphatic carbocycles. The zero-order valence-corrected chi connectivity index (χ0v) is 11.4. The summed E-state index contributed by atoms with van der Waals surface area (Å²) in [5.74, 6) is 0.181. The lowest BCUT2D eigenvalue weighted by Crippen LogP contribution is -2.33. The van der Waals surface area contributed by atoms with Crippen LogP contribution >= 0.6 is 0 Å². The number of hydrogen-bond donors (Lipinski definition) is 3. The topological polar surface area (TPSA) is 143 Å². The average molecular weight is 292 g/mol. The monoisotopic (exact) mass is 292 g/mol. The molecule has 0 aromatic carbocycles. The number of nitrogen functional groups attached to an aromatic ring is 1. The zero-order valence-electron chi connectivity index (χ0n) is 11.4. The van der Waals surface area contributed by atoms with E-state index in [1.54, 1.807) is 6.92 Å². The van der Waals surface area contributed by atoms with Crippen LogP contribution in [0.3, 0.4) is 0 Å². The molecule has 0 aliphatic heterocycles. The van der Waals surface area contributed by atoms with Crippen LogP contribution in [-0.2, 0) is 4.74 Å². The van der Waals surface area contributed by atoms with Crippen molar-refractivity contribution in [3.63, 3.8) is 0 Å². The number of rotatable bonds is 6. The molecule has 0 saturated heterocycles. The van der Waals surface area contributed by atoms with Crippen LogP contribution in [-0.4, -0.2) is 48.6 Å². The van der Waals surface area contributed by atoms with E-state index in [1.807, 2.05) is 6.07 Å². The molecule has 0 aliphatic rings. The number of nitrogens with zero attached hydrogens (tertiary/aromatic N) is 5. The van der Waals surface area contributed by atoms with Crippen molar-refractivity contribution < 1.29 is 14.9 Å². The van der Waals surface area contributed by atoms with Gasteiger partial charge in [0.25, 0.3) is 0 Å². The van der Waals surface area contributed by atoms with Gasteiger partial charge in [0.1, 0.15) is 24.2 Å². The van der Waals surface area contributed by atoms with Crippen LogP contribution in [0.2, 0.25) is 0 Å². The molecule has 2 heterocycles. The lowest BCUT2D eigenvalue weighted by Gasteiger charge is -2.22. The molecule has 4 N–H and O–H groups in total. The van der Waals surface area contributed by atoms with Gasteiger partial charge in [-0.1, -0.05) is 6.92 Å². The second kappa shape index (κ2) is 6.45. The molecule has 0 saturated carbocycles. The molecule has 0 spiro atoms. The summed E-state index contributed by atoms with van der Waals surface area (Å²) in [5, 5.41) is 32.3. The SMILES string of the molecule is CC[C@H](O)[C@@H](CO)O[C@@H](C#N)c1cnc2c(N)ncnn12. The summed E-state index contributed by atoms with van der Waals surface area (Å²) in [5.41, 5.74) is 6.33. The van der Waals surface area contributed by atoms with E-state index >= 15 is 0 Å². The Morgan fingerprint density at radius 2 is 2.29 bits per heavy atom. The molecule has 2 aromatic heterocycles. The number of anilines is 1. The van der Waals surface area contributed by atoms with Crippen LogP contribution in [0.25, 0.3) is 5.65 Å². The highest BCUT2D eigenvalue weighted by Crippen LogP contribution is 2.22. The van der Waals surface area contributed by atoms with Crippen LogP contribution in [0.4, 0.5) is 5.82 Å². The number of nitrogens with two attached hydrogens (primary N) is 1. The fraction of sp³-hybridized carbons (Fsp3) is 0.500. The van der Waals surface area contributed by atoms with Gasteiger partial charge in [-0.2, -0.15) is 10.4 Å². The molecule has 0 unspecified atom stereocenters. The summed E-state index contributed by atoms with van der Waals surface area (Å²) in [6, 6.07) is 1.95. The third-order valence-electron chi connectivity index (χ3n) is 3.08. The van der Waals surface area contributed by atoms with Crippen LogP contribution in [0.1, 0.15) is 25.1 Å². The van der Waals surface area contributed by atoms with E-state index in [1.165, 1.54) is 17.0 Å². The van der Waals surface area contributed by atoms with Crippen molar-refractivity contribution in [1.82, 2.24) is 19.6 Å². The Bertz CT molecular complexity index is 652. The molecular formula is C12H16N6O3. The molecule has 0 fully saturated rings. The maximum absolute atomic E-state index is 9.75. The summed E-state index contributed by atoms with van der Waals surface area (Å²) in [4.78, 5) is 7.85. The van der Waals surface area contributed by atoms with Gasteiger partial charge in [-0.15, -0.1) is 0 Å². The van der Waals surface area contributed by atoms with Crippen LogP contribution in [0, 0.1) is 11.3 Å². The minimum absolute atomic E-state index is 0.181. The number of aliphatic hydroxyl groups excluding tert-OH is 2. The molecular weight excluding hydrogens is 276 g/mol. The van der Waals surface area contributed by atoms with Crippen molar-refractivity contribution >= 4 is 11.5 Å². The Hall–Kier alpha value is -2.28. The molecule has 0 bridgehead atoms. The number of imidazole rings is 1. The average Bonchev–Trinajstić information content (AvgIpc) is 2.93. The number of fused-ring (bicyclic) bond motifs is 1. The van der Waals surface area contributed by atoms with E-state index in [2.05, 4.69) is 15.1 Å². The van der Waals surface area contributed by atoms with Crippen molar-refractivity contribution in [2.75, 3.05) is 12.3 Å². The Labute approximate surface area is 120 Å². The summed E-state index contributed by atoms with van der Waals surface area (Å²) in [6.07, 6.45) is 0.251. The lowest BCUT2D eigenvalue weighted by atomic mass is 10.1. The highest BCUT2D eigenvalue weighted by atomic mass is 16.5. The highest BCUT2D eigenvalue weighted by molar-refractivity contribution is 5.58. The molecule has 112 valence electrons. The van der Waals surface area contributed by atoms with Crippen molar-refractivity contribution in [2.45, 2.75) is 31.7 Å². The van der Waals surface area contributed by atoms with Crippen molar-refractivity contribution in [3.8, 4) is 6.07 Å². The zero-order chi connectivity index (χ0) is 15.4. The standard InChI is InChI=1S/C12H16N6O3/c1-2-8(20)10(5-19)21-9(3-13)7-4-15-12-11(14)16-6-17-18(7)12/h4,6,8-10,19-20H,2,5H2,1H3,(H2,14,16,17)/t8-,9-,10+/m0/s1. The molecule has 0 amide bonds. The third kappa shape index (κ3) is 2.92. The number of hydrogen-bond acceptors (Lipinski definition) is 8. The first-order chi connectivity index (χ1) is 10.1. The normalized spacial score (nSPS) is 15.5. The fourth-order valence-electron chi connectivity index (χ4n) is 1.89. The Morgan fingerprint density at radius 1 is 1.52 bits per heavy atom. The number of aromatic nitrogens is 4. The minimum Gasteiger partial charge on any atom is -0.394 e. The Morgan fingerprint density at radius 3 is 2.90 bits per heavy atom. The molecule has 3 atom stereocenters. The molecule has 21 heavy (non-hydrogen) atoms. The molecule has 9 heteroatoms. The summed E-state index contributed by atoms with van der Waals surface area (Å²) in [7, 11) is 0. The van der Waals surface area contributed by atoms with E-state index in [0.29, 0.717) is 17.8 Å². The fourth-order valence-corrected chi connectivity index (χ4v) is 1.89. The number of aliphatic hydroxyl groups is 2. The Kier molecular flexibility index (Phi) is 4.64. The van der Waals surface area contributed by atoms with Gasteiger partial charge >= 0.3 is 0 Å². The summed E-state index contributed by atoms with van der Waals surface area (Å²) < 4.78 is 6.82. The second-order valence-corrected chi connectivity index (χ2v) is 4.41. The number of ether oxygens (including phenoxy) is 1. The maximum Gasteiger partial charge on any atom is 0.196 e. The summed E-state index contributed by atoms with van der Waals surface area (Å²) in [6.45, 7) is 1.35. The molecule has 2 aromatic rings. The second-order valence-electron chi connectivity index (χ2n) is 4.41. The largest absolute Gasteiger partial charge is 0.394 e. The van der Waals surface area contributed by atoms with Crippen molar-refractivity contribution in [3.05, 3.63) is 18.2 Å². The predicted molar refractivity (Wildman–Crippen MR) is 71.8 cm³/mol. The van der Waals surface area contributed by atoms with Crippen LogP contribution in [0.5, 0.6) is 0 Å². The van der Waals surface area contributed by atoms with Gasteiger partial charge in [-0.3, -0.25) is 0 Å². The number of nitriles is 1. The lowest BCUT2D eigenvalue weighted by molar-refractivity contribution is -0.0853. The van der Waals surface area contributed by atoms with Gasteiger partial charge < -0.3 is 20.7 Å².